The quantitative estimate of drug-likeness (QED) is 0.793. The van der Waals surface area contributed by atoms with Crippen LogP contribution in [0.4, 0.5) is 0 Å². The summed E-state index contributed by atoms with van der Waals surface area (Å²) in [7, 11) is 0. The van der Waals surface area contributed by atoms with Gasteiger partial charge < -0.3 is 11.1 Å². The number of imide groups is 1. The molecule has 1 fully saturated rings. The van der Waals surface area contributed by atoms with Gasteiger partial charge in [-0.25, -0.2) is 0 Å². The predicted octanol–water partition coefficient (Wildman–Crippen LogP) is 1.64. The lowest BCUT2D eigenvalue weighted by molar-refractivity contribution is -0.125. The van der Waals surface area contributed by atoms with Gasteiger partial charge in [-0.1, -0.05) is 18.1 Å². The van der Waals surface area contributed by atoms with Crippen molar-refractivity contribution in [3.63, 3.8) is 0 Å². The highest BCUT2D eigenvalue weighted by Crippen LogP contribution is 2.27. The van der Waals surface area contributed by atoms with E-state index in [1.165, 1.54) is 0 Å². The predicted molar refractivity (Wildman–Crippen MR) is 96.7 cm³/mol. The van der Waals surface area contributed by atoms with Gasteiger partial charge in [0, 0.05) is 6.04 Å². The van der Waals surface area contributed by atoms with E-state index >= 15 is 0 Å². The van der Waals surface area contributed by atoms with Crippen LogP contribution in [0.5, 0.6) is 0 Å². The van der Waals surface area contributed by atoms with Crippen LogP contribution in [0.1, 0.15) is 52.5 Å². The van der Waals surface area contributed by atoms with Crippen LogP contribution in [0.15, 0.2) is 18.2 Å². The van der Waals surface area contributed by atoms with Crippen molar-refractivity contribution in [2.24, 2.45) is 11.7 Å². The first kappa shape index (κ1) is 19.4. The minimum atomic E-state index is -0.836. The number of carbonyl (C=O) groups excluding carboxylic acids is 3. The molecule has 1 heterocycles. The largest absolute Gasteiger partial charge is 0.351 e. The highest BCUT2D eigenvalue weighted by atomic mass is 35.5. The second-order valence-electron chi connectivity index (χ2n) is 6.75. The van der Waals surface area contributed by atoms with E-state index in [1.54, 1.807) is 25.1 Å². The van der Waals surface area contributed by atoms with E-state index in [-0.39, 0.29) is 30.3 Å². The molecule has 2 aliphatic rings. The third-order valence-electron chi connectivity index (χ3n) is 5.13. The molecule has 0 spiro atoms. The summed E-state index contributed by atoms with van der Waals surface area (Å²) in [4.78, 5) is 38.7. The molecular weight excluding hydrogens is 342 g/mol. The van der Waals surface area contributed by atoms with Crippen LogP contribution >= 0.6 is 12.4 Å². The molecule has 0 saturated heterocycles. The smallest absolute Gasteiger partial charge is 0.262 e. The summed E-state index contributed by atoms with van der Waals surface area (Å²) >= 11 is 0. The van der Waals surface area contributed by atoms with Crippen LogP contribution in [-0.2, 0) is 4.79 Å². The molecule has 1 aliphatic heterocycles. The Morgan fingerprint density at radius 3 is 2.64 bits per heavy atom. The van der Waals surface area contributed by atoms with Gasteiger partial charge in [0.15, 0.2) is 0 Å². The van der Waals surface area contributed by atoms with E-state index in [0.29, 0.717) is 17.7 Å². The summed E-state index contributed by atoms with van der Waals surface area (Å²) in [5.74, 6) is -0.833. The van der Waals surface area contributed by atoms with Gasteiger partial charge in [0.25, 0.3) is 11.8 Å². The molecule has 3 N–H and O–H groups in total. The summed E-state index contributed by atoms with van der Waals surface area (Å²) in [5.41, 5.74) is 7.39. The number of nitrogens with one attached hydrogen (secondary N) is 1. The zero-order valence-corrected chi connectivity index (χ0v) is 15.3. The Morgan fingerprint density at radius 2 is 1.96 bits per heavy atom. The Hall–Kier alpha value is -1.92. The van der Waals surface area contributed by atoms with E-state index in [0.717, 1.165) is 29.7 Å². The number of carbonyl (C=O) groups is 3. The first-order valence-electron chi connectivity index (χ1n) is 8.43. The molecule has 6 nitrogen and oxygen atoms in total. The van der Waals surface area contributed by atoms with E-state index in [4.69, 9.17) is 5.73 Å². The molecule has 3 unspecified atom stereocenters. The Balaban J connectivity index is 0.00000225. The van der Waals surface area contributed by atoms with Crippen molar-refractivity contribution in [1.82, 2.24) is 10.2 Å². The van der Waals surface area contributed by atoms with E-state index in [1.807, 2.05) is 6.92 Å². The van der Waals surface area contributed by atoms with Crippen LogP contribution in [-0.4, -0.2) is 41.2 Å². The molecule has 1 aromatic rings. The Bertz CT molecular complexity index is 707. The van der Waals surface area contributed by atoms with Crippen LogP contribution < -0.4 is 11.1 Å². The van der Waals surface area contributed by atoms with Crippen molar-refractivity contribution in [1.29, 1.82) is 0 Å². The van der Waals surface area contributed by atoms with Gasteiger partial charge in [-0.15, -0.1) is 12.4 Å². The third kappa shape index (κ3) is 3.41. The summed E-state index contributed by atoms with van der Waals surface area (Å²) < 4.78 is 0. The Morgan fingerprint density at radius 1 is 1.28 bits per heavy atom. The molecule has 25 heavy (non-hydrogen) atoms. The molecule has 3 rings (SSSR count). The van der Waals surface area contributed by atoms with Crippen molar-refractivity contribution in [3.05, 3.63) is 34.9 Å². The number of halogens is 1. The van der Waals surface area contributed by atoms with Gasteiger partial charge in [0.2, 0.25) is 5.91 Å². The van der Waals surface area contributed by atoms with Gasteiger partial charge in [-0.3, -0.25) is 19.3 Å². The monoisotopic (exact) mass is 365 g/mol. The number of aryl methyl sites for hydroxylation is 1. The molecule has 3 atom stereocenters. The number of fused-ring (bicyclic) bond motifs is 1. The molecule has 0 bridgehead atoms. The van der Waals surface area contributed by atoms with Crippen molar-refractivity contribution >= 4 is 30.1 Å². The molecule has 1 aromatic carbocycles. The van der Waals surface area contributed by atoms with E-state index in [9.17, 15) is 14.4 Å². The van der Waals surface area contributed by atoms with E-state index < -0.39 is 17.9 Å². The zero-order valence-electron chi connectivity index (χ0n) is 14.5. The average molecular weight is 366 g/mol. The van der Waals surface area contributed by atoms with Gasteiger partial charge in [-0.2, -0.15) is 0 Å². The molecule has 0 aromatic heterocycles. The highest BCUT2D eigenvalue weighted by molar-refractivity contribution is 6.22. The Labute approximate surface area is 153 Å². The van der Waals surface area contributed by atoms with Gasteiger partial charge in [0.1, 0.15) is 6.04 Å². The average Bonchev–Trinajstić information content (AvgIpc) is 3.10. The summed E-state index contributed by atoms with van der Waals surface area (Å²) in [6.45, 7) is 3.99. The number of amides is 3. The Kier molecular flexibility index (Phi) is 5.85. The molecule has 1 aliphatic carbocycles. The standard InChI is InChI=1S/C18H23N3O3.ClH/c1-10-6-7-13-14(8-10)18(24)21(17(13)23)11(2)16(22)20-15-5-3-4-12(15)9-19;/h6-8,11-12,15H,3-5,9,19H2,1-2H3,(H,20,22);1H. The molecule has 3 amide bonds. The molecule has 136 valence electrons. The van der Waals surface area contributed by atoms with Gasteiger partial charge in [-0.05, 0) is 51.3 Å². The molecular formula is C18H24ClN3O3. The highest BCUT2D eigenvalue weighted by Gasteiger charge is 2.41. The maximum Gasteiger partial charge on any atom is 0.262 e. The van der Waals surface area contributed by atoms with Crippen molar-refractivity contribution < 1.29 is 14.4 Å². The summed E-state index contributed by atoms with van der Waals surface area (Å²) in [5, 5.41) is 2.97. The van der Waals surface area contributed by atoms with Gasteiger partial charge in [0.05, 0.1) is 11.1 Å². The van der Waals surface area contributed by atoms with Crippen LogP contribution in [0, 0.1) is 12.8 Å². The number of hydrogen-bond acceptors (Lipinski definition) is 4. The van der Waals surface area contributed by atoms with Crippen LogP contribution in [0.2, 0.25) is 0 Å². The lowest BCUT2D eigenvalue weighted by atomic mass is 10.0. The number of nitrogens with zero attached hydrogens (tertiary/aromatic N) is 1. The maximum absolute atomic E-state index is 12.6. The van der Waals surface area contributed by atoms with Crippen molar-refractivity contribution in [2.45, 2.75) is 45.2 Å². The number of nitrogens with two attached hydrogens (primary N) is 1. The number of benzene rings is 1. The zero-order chi connectivity index (χ0) is 17.4. The van der Waals surface area contributed by atoms with E-state index in [2.05, 4.69) is 5.32 Å². The van der Waals surface area contributed by atoms with Crippen molar-refractivity contribution in [2.75, 3.05) is 6.54 Å². The fourth-order valence-electron chi connectivity index (χ4n) is 3.65. The summed E-state index contributed by atoms with van der Waals surface area (Å²) in [6, 6.07) is 4.33. The van der Waals surface area contributed by atoms with Crippen LogP contribution in [0.25, 0.3) is 0 Å². The first-order chi connectivity index (χ1) is 11.4. The minimum Gasteiger partial charge on any atom is -0.351 e. The lowest BCUT2D eigenvalue weighted by Crippen LogP contribution is -2.51. The number of hydrogen-bond donors (Lipinski definition) is 2. The SMILES string of the molecule is Cc1ccc2c(c1)C(=O)N(C(C)C(=O)NC1CCCC1CN)C2=O.Cl. The van der Waals surface area contributed by atoms with Gasteiger partial charge >= 0.3 is 0 Å². The minimum absolute atomic E-state index is 0. The summed E-state index contributed by atoms with van der Waals surface area (Å²) in [6.07, 6.45) is 2.93. The second kappa shape index (κ2) is 7.54. The normalized spacial score (nSPS) is 23.2. The third-order valence-corrected chi connectivity index (χ3v) is 5.13. The second-order valence-corrected chi connectivity index (χ2v) is 6.75. The van der Waals surface area contributed by atoms with Crippen molar-refractivity contribution in [3.8, 4) is 0 Å². The maximum atomic E-state index is 12.6. The fraction of sp³-hybridized carbons (Fsp3) is 0.500. The number of rotatable bonds is 4. The molecule has 1 saturated carbocycles. The van der Waals surface area contributed by atoms with Crippen LogP contribution in [0.3, 0.4) is 0 Å². The first-order valence-corrected chi connectivity index (χ1v) is 8.43. The molecule has 7 heteroatoms. The topological polar surface area (TPSA) is 92.5 Å². The lowest BCUT2D eigenvalue weighted by Gasteiger charge is -2.25. The fourth-order valence-corrected chi connectivity index (χ4v) is 3.65. The molecule has 0 radical (unpaired) electrons.